The van der Waals surface area contributed by atoms with Crippen molar-refractivity contribution in [1.82, 2.24) is 10.6 Å². The fourth-order valence-electron chi connectivity index (χ4n) is 4.86. The first-order valence-corrected chi connectivity index (χ1v) is 11.8. The van der Waals surface area contributed by atoms with Crippen LogP contribution < -0.4 is 20.3 Å². The van der Waals surface area contributed by atoms with Crippen molar-refractivity contribution in [2.75, 3.05) is 44.8 Å². The minimum atomic E-state index is -0.0470. The highest BCUT2D eigenvalue weighted by atomic mass is 16.5. The topological polar surface area (TPSA) is 45.8 Å². The Bertz CT molecular complexity index is 835. The Balaban J connectivity index is 1.46. The number of ether oxygens (including phenoxy) is 2. The molecule has 0 radical (unpaired) electrons. The largest absolute Gasteiger partial charge is 0.494 e. The van der Waals surface area contributed by atoms with Crippen LogP contribution in [-0.2, 0) is 17.7 Å². The summed E-state index contributed by atoms with van der Waals surface area (Å²) < 4.78 is 11.7. The number of piperidine rings is 1. The molecule has 1 fully saturated rings. The maximum absolute atomic E-state index is 5.85. The van der Waals surface area contributed by atoms with Gasteiger partial charge in [-0.1, -0.05) is 24.3 Å². The van der Waals surface area contributed by atoms with Gasteiger partial charge < -0.3 is 19.7 Å². The van der Waals surface area contributed by atoms with Gasteiger partial charge in [0, 0.05) is 38.0 Å². The van der Waals surface area contributed by atoms with Crippen LogP contribution in [0.15, 0.2) is 42.5 Å². The van der Waals surface area contributed by atoms with E-state index < -0.39 is 0 Å². The predicted molar refractivity (Wildman–Crippen MR) is 127 cm³/mol. The summed E-state index contributed by atoms with van der Waals surface area (Å²) in [7, 11) is 1.80. The Morgan fingerprint density at radius 3 is 2.81 bits per heavy atom. The summed E-state index contributed by atoms with van der Waals surface area (Å²) >= 11 is 0. The molecule has 2 aliphatic heterocycles. The van der Waals surface area contributed by atoms with E-state index in [1.54, 1.807) is 7.11 Å². The molecule has 2 aromatic carbocycles. The third kappa shape index (κ3) is 5.59. The normalized spacial score (nSPS) is 17.9. The zero-order valence-electron chi connectivity index (χ0n) is 19.0. The van der Waals surface area contributed by atoms with Gasteiger partial charge in [0.25, 0.3) is 0 Å². The Morgan fingerprint density at radius 2 is 2.00 bits per heavy atom. The maximum atomic E-state index is 5.85. The van der Waals surface area contributed by atoms with Gasteiger partial charge in [0.2, 0.25) is 0 Å². The van der Waals surface area contributed by atoms with E-state index in [9.17, 15) is 0 Å². The van der Waals surface area contributed by atoms with Crippen LogP contribution in [0.4, 0.5) is 5.69 Å². The van der Waals surface area contributed by atoms with E-state index in [0.717, 1.165) is 50.8 Å². The van der Waals surface area contributed by atoms with Gasteiger partial charge in [-0.15, -0.1) is 0 Å². The van der Waals surface area contributed by atoms with Crippen LogP contribution in [-0.4, -0.2) is 39.9 Å². The number of aryl methyl sites for hydroxylation is 1. The lowest BCUT2D eigenvalue weighted by atomic mass is 9.96. The van der Waals surface area contributed by atoms with Crippen LogP contribution in [0.2, 0.25) is 0 Å². The molecule has 0 aliphatic carbocycles. The summed E-state index contributed by atoms with van der Waals surface area (Å²) in [6.07, 6.45) is 4.73. The fraction of sp³-hybridized carbons (Fsp3) is 0.538. The first-order chi connectivity index (χ1) is 15.3. The zero-order valence-corrected chi connectivity index (χ0v) is 19.0. The van der Waals surface area contributed by atoms with Crippen molar-refractivity contribution in [3.8, 4) is 5.75 Å². The van der Waals surface area contributed by atoms with Crippen molar-refractivity contribution in [3.63, 3.8) is 0 Å². The second kappa shape index (κ2) is 11.0. The molecule has 0 saturated carbocycles. The number of nitrogens with one attached hydrogen (secondary N) is 2. The van der Waals surface area contributed by atoms with E-state index in [2.05, 4.69) is 51.9 Å². The van der Waals surface area contributed by atoms with Crippen molar-refractivity contribution in [3.05, 3.63) is 59.2 Å². The molecule has 1 atom stereocenters. The van der Waals surface area contributed by atoms with E-state index >= 15 is 0 Å². The molecule has 2 aromatic rings. The second-order valence-electron chi connectivity index (χ2n) is 8.67. The van der Waals surface area contributed by atoms with E-state index in [4.69, 9.17) is 9.47 Å². The molecule has 2 aliphatic rings. The lowest BCUT2D eigenvalue weighted by Gasteiger charge is -2.33. The standard InChI is InChI=1S/C26H37N3O2/c1-3-31-25-9-5-4-7-23(25)19-29-16-6-8-21-17-22(10-11-24(21)29)26(30-2)28-18-20-12-14-27-15-13-20/h4-5,7,9-11,17,20,26-28H,3,6,8,12-16,18-19H2,1-2H3. The summed E-state index contributed by atoms with van der Waals surface area (Å²) in [4.78, 5) is 2.49. The number of hydrogen-bond acceptors (Lipinski definition) is 5. The quantitative estimate of drug-likeness (QED) is 0.590. The van der Waals surface area contributed by atoms with Crippen LogP contribution >= 0.6 is 0 Å². The first kappa shape index (κ1) is 22.1. The minimum Gasteiger partial charge on any atom is -0.494 e. The Morgan fingerprint density at radius 1 is 1.16 bits per heavy atom. The molecule has 4 rings (SSSR count). The molecule has 2 heterocycles. The molecule has 168 valence electrons. The molecule has 0 aromatic heterocycles. The van der Waals surface area contributed by atoms with Crippen molar-refractivity contribution in [2.45, 2.75) is 45.4 Å². The van der Waals surface area contributed by atoms with Crippen molar-refractivity contribution in [1.29, 1.82) is 0 Å². The van der Waals surface area contributed by atoms with Gasteiger partial charge in [-0.3, -0.25) is 5.32 Å². The minimum absolute atomic E-state index is 0.0470. The van der Waals surface area contributed by atoms with Crippen LogP contribution in [0.3, 0.4) is 0 Å². The Labute approximate surface area is 187 Å². The van der Waals surface area contributed by atoms with E-state index in [1.165, 1.54) is 41.6 Å². The number of rotatable bonds is 9. The van der Waals surface area contributed by atoms with Crippen LogP contribution in [0.25, 0.3) is 0 Å². The number of fused-ring (bicyclic) bond motifs is 1. The molecular weight excluding hydrogens is 386 g/mol. The SMILES string of the molecule is CCOc1ccccc1CN1CCCc2cc(C(NCC3CCNCC3)OC)ccc21. The van der Waals surface area contributed by atoms with Crippen LogP contribution in [0.1, 0.15) is 49.1 Å². The molecule has 5 heteroatoms. The second-order valence-corrected chi connectivity index (χ2v) is 8.67. The summed E-state index contributed by atoms with van der Waals surface area (Å²) in [5.74, 6) is 1.73. The molecular formula is C26H37N3O2. The summed E-state index contributed by atoms with van der Waals surface area (Å²) in [6, 6.07) is 15.3. The van der Waals surface area contributed by atoms with Crippen molar-refractivity contribution < 1.29 is 9.47 Å². The average Bonchev–Trinajstić information content (AvgIpc) is 2.82. The number of methoxy groups -OCH3 is 1. The maximum Gasteiger partial charge on any atom is 0.133 e. The highest BCUT2D eigenvalue weighted by molar-refractivity contribution is 5.58. The lowest BCUT2D eigenvalue weighted by molar-refractivity contribution is 0.0681. The number of nitrogens with zero attached hydrogens (tertiary/aromatic N) is 1. The Hall–Kier alpha value is -2.08. The van der Waals surface area contributed by atoms with Crippen molar-refractivity contribution in [2.24, 2.45) is 5.92 Å². The predicted octanol–water partition coefficient (Wildman–Crippen LogP) is 4.27. The van der Waals surface area contributed by atoms with E-state index in [0.29, 0.717) is 6.61 Å². The van der Waals surface area contributed by atoms with Gasteiger partial charge in [-0.05, 0) is 80.9 Å². The third-order valence-electron chi connectivity index (χ3n) is 6.54. The van der Waals surface area contributed by atoms with Crippen molar-refractivity contribution >= 4 is 5.69 Å². The van der Waals surface area contributed by atoms with Gasteiger partial charge in [0.15, 0.2) is 0 Å². The van der Waals surface area contributed by atoms with E-state index in [1.807, 2.05) is 13.0 Å². The summed E-state index contributed by atoms with van der Waals surface area (Å²) in [5, 5.41) is 7.10. The number of anilines is 1. The lowest BCUT2D eigenvalue weighted by Crippen LogP contribution is -2.35. The smallest absolute Gasteiger partial charge is 0.133 e. The molecule has 1 unspecified atom stereocenters. The average molecular weight is 424 g/mol. The van der Waals surface area contributed by atoms with Gasteiger partial charge in [-0.25, -0.2) is 0 Å². The van der Waals surface area contributed by atoms with E-state index in [-0.39, 0.29) is 6.23 Å². The van der Waals surface area contributed by atoms with Gasteiger partial charge >= 0.3 is 0 Å². The molecule has 31 heavy (non-hydrogen) atoms. The number of benzene rings is 2. The first-order valence-electron chi connectivity index (χ1n) is 11.8. The van der Waals surface area contributed by atoms with Crippen LogP contribution in [0.5, 0.6) is 5.75 Å². The molecule has 0 bridgehead atoms. The highest BCUT2D eigenvalue weighted by Crippen LogP contribution is 2.32. The van der Waals surface area contributed by atoms with Crippen LogP contribution in [0, 0.1) is 5.92 Å². The fourth-order valence-corrected chi connectivity index (χ4v) is 4.86. The molecule has 1 saturated heterocycles. The zero-order chi connectivity index (χ0) is 21.5. The highest BCUT2D eigenvalue weighted by Gasteiger charge is 2.21. The van der Waals surface area contributed by atoms with Gasteiger partial charge in [-0.2, -0.15) is 0 Å². The third-order valence-corrected chi connectivity index (χ3v) is 6.54. The summed E-state index contributed by atoms with van der Waals surface area (Å²) in [6.45, 7) is 7.96. The molecule has 2 N–H and O–H groups in total. The van der Waals surface area contributed by atoms with Gasteiger partial charge in [0.1, 0.15) is 12.0 Å². The molecule has 5 nitrogen and oxygen atoms in total. The Kier molecular flexibility index (Phi) is 7.84. The molecule has 0 spiro atoms. The van der Waals surface area contributed by atoms with Gasteiger partial charge in [0.05, 0.1) is 6.61 Å². The monoisotopic (exact) mass is 423 g/mol. The molecule has 0 amide bonds. The number of para-hydroxylation sites is 1. The number of hydrogen-bond donors (Lipinski definition) is 2. The summed E-state index contributed by atoms with van der Waals surface area (Å²) in [5.41, 5.74) is 5.24.